The first kappa shape index (κ1) is 15.1. The maximum atomic E-state index is 12.9. The molecule has 0 saturated heterocycles. The molecular weight excluding hydrogens is 322 g/mol. The number of anilines is 2. The number of benzene rings is 2. The molecule has 3 aromatic rings. The predicted octanol–water partition coefficient (Wildman–Crippen LogP) is 3.84. The molecule has 0 N–H and O–H groups in total. The molecule has 0 saturated carbocycles. The summed E-state index contributed by atoms with van der Waals surface area (Å²) in [6, 6.07) is 9.79. The highest BCUT2D eigenvalue weighted by Crippen LogP contribution is 2.39. The fourth-order valence-corrected chi connectivity index (χ4v) is 2.93. The van der Waals surface area contributed by atoms with E-state index in [0.717, 1.165) is 5.56 Å². The molecule has 2 heterocycles. The Morgan fingerprint density at radius 3 is 2.76 bits per heavy atom. The first-order valence-electron chi connectivity index (χ1n) is 7.59. The fourth-order valence-electron chi connectivity index (χ4n) is 2.93. The monoisotopic (exact) mass is 335 g/mol. The molecule has 4 rings (SSSR count). The first-order chi connectivity index (χ1) is 12.0. The molecule has 2 aromatic carbocycles. The van der Waals surface area contributed by atoms with Crippen LogP contribution in [-0.4, -0.2) is 18.2 Å². The predicted molar refractivity (Wildman–Crippen MR) is 95.6 cm³/mol. The highest BCUT2D eigenvalue weighted by Gasteiger charge is 2.23. The number of hydrogen-bond donors (Lipinski definition) is 0. The number of fused-ring (bicyclic) bond motifs is 3. The summed E-state index contributed by atoms with van der Waals surface area (Å²) in [7, 11) is 1.74. The Morgan fingerprint density at radius 2 is 2.00 bits per heavy atom. The van der Waals surface area contributed by atoms with Gasteiger partial charge in [-0.3, -0.25) is 19.9 Å². The van der Waals surface area contributed by atoms with Crippen molar-refractivity contribution in [2.75, 3.05) is 11.9 Å². The maximum absolute atomic E-state index is 12.9. The zero-order valence-corrected chi connectivity index (χ0v) is 13.5. The van der Waals surface area contributed by atoms with E-state index in [2.05, 4.69) is 4.99 Å². The third-order valence-corrected chi connectivity index (χ3v) is 4.23. The molecule has 0 atom stereocenters. The second kappa shape index (κ2) is 5.27. The van der Waals surface area contributed by atoms with Gasteiger partial charge in [0.1, 0.15) is 11.1 Å². The maximum Gasteiger partial charge on any atom is 0.271 e. The summed E-state index contributed by atoms with van der Waals surface area (Å²) in [4.78, 5) is 29.3. The van der Waals surface area contributed by atoms with Crippen molar-refractivity contribution in [3.8, 4) is 0 Å². The Bertz CT molecular complexity index is 1130. The van der Waals surface area contributed by atoms with Gasteiger partial charge in [-0.25, -0.2) is 0 Å². The normalized spacial score (nSPS) is 12.6. The van der Waals surface area contributed by atoms with Crippen LogP contribution in [0.3, 0.4) is 0 Å². The van der Waals surface area contributed by atoms with Gasteiger partial charge in [-0.1, -0.05) is 11.6 Å². The summed E-state index contributed by atoms with van der Waals surface area (Å²) in [5, 5.41) is 11.5. The van der Waals surface area contributed by atoms with Crippen LogP contribution in [0.5, 0.6) is 0 Å². The summed E-state index contributed by atoms with van der Waals surface area (Å²) < 4.78 is 5.95. The van der Waals surface area contributed by atoms with Crippen LogP contribution in [0.2, 0.25) is 0 Å². The van der Waals surface area contributed by atoms with Gasteiger partial charge < -0.3 is 9.32 Å². The summed E-state index contributed by atoms with van der Waals surface area (Å²) in [6.45, 7) is 1.90. The molecule has 1 aliphatic rings. The van der Waals surface area contributed by atoms with Crippen molar-refractivity contribution in [1.82, 2.24) is 0 Å². The molecule has 0 unspecified atom stereocenters. The lowest BCUT2D eigenvalue weighted by Gasteiger charge is -2.19. The topological polar surface area (TPSA) is 88.9 Å². The summed E-state index contributed by atoms with van der Waals surface area (Å²) in [5.41, 5.74) is 2.54. The van der Waals surface area contributed by atoms with E-state index < -0.39 is 4.92 Å². The van der Waals surface area contributed by atoms with E-state index in [1.165, 1.54) is 18.3 Å². The van der Waals surface area contributed by atoms with Gasteiger partial charge in [-0.05, 0) is 25.1 Å². The highest BCUT2D eigenvalue weighted by molar-refractivity contribution is 5.97. The van der Waals surface area contributed by atoms with Gasteiger partial charge in [0, 0.05) is 25.4 Å². The largest absolute Gasteiger partial charge is 0.439 e. The average molecular weight is 335 g/mol. The number of nitro groups is 1. The van der Waals surface area contributed by atoms with Crippen LogP contribution in [0.25, 0.3) is 11.0 Å². The molecule has 0 aliphatic carbocycles. The van der Waals surface area contributed by atoms with E-state index in [9.17, 15) is 14.9 Å². The van der Waals surface area contributed by atoms with Crippen molar-refractivity contribution in [3.63, 3.8) is 0 Å². The Labute approximate surface area is 142 Å². The number of nitro benzene ring substituents is 1. The number of non-ortho nitro benzene ring substituents is 1. The van der Waals surface area contributed by atoms with Crippen LogP contribution in [0.4, 0.5) is 22.9 Å². The van der Waals surface area contributed by atoms with Crippen LogP contribution in [0.1, 0.15) is 11.1 Å². The van der Waals surface area contributed by atoms with Gasteiger partial charge in [-0.15, -0.1) is 0 Å². The molecule has 124 valence electrons. The number of rotatable bonds is 1. The summed E-state index contributed by atoms with van der Waals surface area (Å²) in [6.07, 6.45) is 1.41. The van der Waals surface area contributed by atoms with Gasteiger partial charge in [-0.2, -0.15) is 0 Å². The molecule has 7 heteroatoms. The van der Waals surface area contributed by atoms with Crippen LogP contribution in [0.15, 0.2) is 50.6 Å². The summed E-state index contributed by atoms with van der Waals surface area (Å²) in [5.74, 6) is 0.359. The van der Waals surface area contributed by atoms with Crippen molar-refractivity contribution in [1.29, 1.82) is 0 Å². The lowest BCUT2D eigenvalue weighted by atomic mass is 10.1. The van der Waals surface area contributed by atoms with Crippen LogP contribution < -0.4 is 10.3 Å². The number of aryl methyl sites for hydroxylation is 1. The molecule has 1 aliphatic heterocycles. The number of nitrogens with zero attached hydrogens (tertiary/aromatic N) is 3. The molecular formula is C18H13N3O4. The molecule has 0 bridgehead atoms. The van der Waals surface area contributed by atoms with Crippen molar-refractivity contribution in [3.05, 3.63) is 67.9 Å². The second-order valence-electron chi connectivity index (χ2n) is 5.90. The molecule has 0 radical (unpaired) electrons. The van der Waals surface area contributed by atoms with Crippen LogP contribution in [0, 0.1) is 17.0 Å². The Hall–Kier alpha value is -3.48. The van der Waals surface area contributed by atoms with E-state index >= 15 is 0 Å². The fraction of sp³-hybridized carbons (Fsp3) is 0.111. The quantitative estimate of drug-likeness (QED) is 0.498. The Kier molecular flexibility index (Phi) is 3.18. The van der Waals surface area contributed by atoms with Crippen molar-refractivity contribution < 1.29 is 9.34 Å². The van der Waals surface area contributed by atoms with Crippen LogP contribution >= 0.6 is 0 Å². The van der Waals surface area contributed by atoms with Crippen molar-refractivity contribution in [2.45, 2.75) is 6.92 Å². The van der Waals surface area contributed by atoms with Gasteiger partial charge in [0.15, 0.2) is 0 Å². The zero-order valence-electron chi connectivity index (χ0n) is 13.5. The Balaban J connectivity index is 2.00. The Morgan fingerprint density at radius 1 is 1.20 bits per heavy atom. The third-order valence-electron chi connectivity index (χ3n) is 4.23. The van der Waals surface area contributed by atoms with Gasteiger partial charge >= 0.3 is 0 Å². The molecule has 1 aromatic heterocycles. The van der Waals surface area contributed by atoms with Crippen molar-refractivity contribution >= 4 is 40.1 Å². The molecule has 7 nitrogen and oxygen atoms in total. The second-order valence-corrected chi connectivity index (χ2v) is 5.90. The minimum atomic E-state index is -0.478. The van der Waals surface area contributed by atoms with E-state index in [1.54, 1.807) is 30.1 Å². The third kappa shape index (κ3) is 2.28. The van der Waals surface area contributed by atoms with E-state index in [4.69, 9.17) is 4.42 Å². The number of aliphatic imine (C=N–C) groups is 1. The first-order valence-corrected chi connectivity index (χ1v) is 7.59. The minimum Gasteiger partial charge on any atom is -0.439 e. The van der Waals surface area contributed by atoms with Gasteiger partial charge in [0.2, 0.25) is 11.3 Å². The smallest absolute Gasteiger partial charge is 0.271 e. The molecule has 0 fully saturated rings. The van der Waals surface area contributed by atoms with Gasteiger partial charge in [0.05, 0.1) is 21.7 Å². The number of hydrogen-bond acceptors (Lipinski definition) is 6. The van der Waals surface area contributed by atoms with Crippen molar-refractivity contribution in [2.24, 2.45) is 4.99 Å². The average Bonchev–Trinajstić information content (AvgIpc) is 2.73. The lowest BCUT2D eigenvalue weighted by molar-refractivity contribution is -0.384. The van der Waals surface area contributed by atoms with E-state index in [-0.39, 0.29) is 11.1 Å². The lowest BCUT2D eigenvalue weighted by Crippen LogP contribution is -2.17. The zero-order chi connectivity index (χ0) is 17.7. The SMILES string of the molecule is Cc1ccc2oc3c(c(=O)c2c1)C=Nc1cc([N+](=O)[O-])ccc1N3C. The highest BCUT2D eigenvalue weighted by atomic mass is 16.6. The summed E-state index contributed by atoms with van der Waals surface area (Å²) >= 11 is 0. The van der Waals surface area contributed by atoms with Gasteiger partial charge in [0.25, 0.3) is 5.69 Å². The van der Waals surface area contributed by atoms with Crippen LogP contribution in [-0.2, 0) is 0 Å². The standard InChI is InChI=1S/C18H13N3O4/c1-10-3-6-16-12(7-10)17(22)13-9-19-14-8-11(21(23)24)4-5-15(14)20(2)18(13)25-16/h3-9H,1-2H3. The molecule has 25 heavy (non-hydrogen) atoms. The molecule has 0 spiro atoms. The molecule has 0 amide bonds. The van der Waals surface area contributed by atoms with E-state index in [0.29, 0.717) is 33.8 Å². The minimum absolute atomic E-state index is 0.0599. The van der Waals surface area contributed by atoms with E-state index in [1.807, 2.05) is 13.0 Å².